The summed E-state index contributed by atoms with van der Waals surface area (Å²) in [6.45, 7) is 9.02. The SMILES string of the molecule is CC(C)C1NC(C)(C)CNC1=O. The van der Waals surface area contributed by atoms with Crippen molar-refractivity contribution in [3.8, 4) is 0 Å². The molecule has 2 N–H and O–H groups in total. The van der Waals surface area contributed by atoms with Gasteiger partial charge in [0.15, 0.2) is 0 Å². The molecule has 70 valence electrons. The Balaban J connectivity index is 2.66. The molecule has 1 unspecified atom stereocenters. The van der Waals surface area contributed by atoms with E-state index in [0.29, 0.717) is 5.92 Å². The Kier molecular flexibility index (Phi) is 2.42. The number of nitrogens with one attached hydrogen (secondary N) is 2. The van der Waals surface area contributed by atoms with Gasteiger partial charge in [0.1, 0.15) is 0 Å². The van der Waals surface area contributed by atoms with E-state index < -0.39 is 0 Å². The van der Waals surface area contributed by atoms with Crippen LogP contribution in [0.2, 0.25) is 0 Å². The summed E-state index contributed by atoms with van der Waals surface area (Å²) in [5.74, 6) is 0.480. The maximum atomic E-state index is 11.3. The Morgan fingerprint density at radius 2 is 2.08 bits per heavy atom. The lowest BCUT2D eigenvalue weighted by Crippen LogP contribution is -2.65. The zero-order valence-corrected chi connectivity index (χ0v) is 8.27. The first kappa shape index (κ1) is 9.52. The van der Waals surface area contributed by atoms with Gasteiger partial charge in [-0.05, 0) is 19.8 Å². The van der Waals surface area contributed by atoms with Gasteiger partial charge in [0.2, 0.25) is 5.91 Å². The number of hydrogen-bond donors (Lipinski definition) is 2. The highest BCUT2D eigenvalue weighted by Crippen LogP contribution is 2.12. The molecule has 1 saturated heterocycles. The third-order valence-electron chi connectivity index (χ3n) is 2.20. The smallest absolute Gasteiger partial charge is 0.237 e. The molecule has 0 saturated carbocycles. The number of carbonyl (C=O) groups excluding carboxylic acids is 1. The first-order valence-corrected chi connectivity index (χ1v) is 4.48. The van der Waals surface area contributed by atoms with Gasteiger partial charge in [-0.25, -0.2) is 0 Å². The average Bonchev–Trinajstić information content (AvgIpc) is 1.94. The number of rotatable bonds is 1. The van der Waals surface area contributed by atoms with Crippen LogP contribution in [0.15, 0.2) is 0 Å². The standard InChI is InChI=1S/C9H18N2O/c1-6(2)7-8(12)10-5-9(3,4)11-7/h6-7,11H,5H2,1-4H3,(H,10,12). The van der Waals surface area contributed by atoms with E-state index in [1.165, 1.54) is 0 Å². The molecule has 3 heteroatoms. The summed E-state index contributed by atoms with van der Waals surface area (Å²) >= 11 is 0. The number of hydrogen-bond acceptors (Lipinski definition) is 2. The van der Waals surface area contributed by atoms with E-state index in [-0.39, 0.29) is 17.5 Å². The molecule has 12 heavy (non-hydrogen) atoms. The van der Waals surface area contributed by atoms with E-state index in [2.05, 4.69) is 38.3 Å². The van der Waals surface area contributed by atoms with Gasteiger partial charge in [-0.3, -0.25) is 10.1 Å². The van der Waals surface area contributed by atoms with Crippen LogP contribution in [0.1, 0.15) is 27.7 Å². The van der Waals surface area contributed by atoms with Crippen LogP contribution in [0.4, 0.5) is 0 Å². The molecule has 0 spiro atoms. The zero-order chi connectivity index (χ0) is 9.35. The van der Waals surface area contributed by atoms with Crippen molar-refractivity contribution < 1.29 is 4.79 Å². The second-order valence-electron chi connectivity index (χ2n) is 4.47. The molecule has 1 heterocycles. The molecule has 0 aromatic heterocycles. The lowest BCUT2D eigenvalue weighted by Gasteiger charge is -2.38. The normalized spacial score (nSPS) is 28.8. The van der Waals surface area contributed by atoms with Gasteiger partial charge in [-0.2, -0.15) is 0 Å². The molecule has 1 aliphatic heterocycles. The van der Waals surface area contributed by atoms with Crippen molar-refractivity contribution in [2.24, 2.45) is 5.92 Å². The van der Waals surface area contributed by atoms with Gasteiger partial charge in [-0.15, -0.1) is 0 Å². The minimum Gasteiger partial charge on any atom is -0.353 e. The zero-order valence-electron chi connectivity index (χ0n) is 8.27. The largest absolute Gasteiger partial charge is 0.353 e. The first-order chi connectivity index (χ1) is 5.42. The van der Waals surface area contributed by atoms with Crippen molar-refractivity contribution in [2.45, 2.75) is 39.3 Å². The Bertz CT molecular complexity index is 187. The molecule has 0 bridgehead atoms. The Morgan fingerprint density at radius 3 is 2.50 bits per heavy atom. The molecular formula is C9H18N2O. The lowest BCUT2D eigenvalue weighted by atomic mass is 9.94. The van der Waals surface area contributed by atoms with Crippen molar-refractivity contribution in [2.75, 3.05) is 6.54 Å². The van der Waals surface area contributed by atoms with Crippen LogP contribution < -0.4 is 10.6 Å². The van der Waals surface area contributed by atoms with Crippen LogP contribution in [0.3, 0.4) is 0 Å². The van der Waals surface area contributed by atoms with E-state index in [1.807, 2.05) is 0 Å². The van der Waals surface area contributed by atoms with E-state index in [9.17, 15) is 4.79 Å². The average molecular weight is 170 g/mol. The summed E-state index contributed by atoms with van der Waals surface area (Å²) in [6.07, 6.45) is 0. The second-order valence-corrected chi connectivity index (χ2v) is 4.47. The highest BCUT2D eigenvalue weighted by Gasteiger charge is 2.33. The van der Waals surface area contributed by atoms with Crippen molar-refractivity contribution in [3.05, 3.63) is 0 Å². The van der Waals surface area contributed by atoms with Crippen molar-refractivity contribution >= 4 is 5.91 Å². The van der Waals surface area contributed by atoms with E-state index >= 15 is 0 Å². The van der Waals surface area contributed by atoms with Gasteiger partial charge < -0.3 is 5.32 Å². The van der Waals surface area contributed by atoms with Gasteiger partial charge in [-0.1, -0.05) is 13.8 Å². The van der Waals surface area contributed by atoms with Gasteiger partial charge in [0.05, 0.1) is 6.04 Å². The molecule has 0 aliphatic carbocycles. The third kappa shape index (κ3) is 1.97. The van der Waals surface area contributed by atoms with Gasteiger partial charge >= 0.3 is 0 Å². The quantitative estimate of drug-likeness (QED) is 0.602. The monoisotopic (exact) mass is 170 g/mol. The minimum atomic E-state index is -0.0336. The molecule has 1 aliphatic rings. The van der Waals surface area contributed by atoms with E-state index in [1.54, 1.807) is 0 Å². The van der Waals surface area contributed by atoms with Crippen LogP contribution in [-0.4, -0.2) is 24.0 Å². The second kappa shape index (κ2) is 3.05. The third-order valence-corrected chi connectivity index (χ3v) is 2.20. The fourth-order valence-corrected chi connectivity index (χ4v) is 1.42. The summed E-state index contributed by atoms with van der Waals surface area (Å²) in [4.78, 5) is 11.3. The highest BCUT2D eigenvalue weighted by molar-refractivity contribution is 5.83. The van der Waals surface area contributed by atoms with Gasteiger partial charge in [0.25, 0.3) is 0 Å². The molecule has 0 aromatic rings. The predicted octanol–water partition coefficient (Wildman–Crippen LogP) is 0.509. The highest BCUT2D eigenvalue weighted by atomic mass is 16.2. The van der Waals surface area contributed by atoms with Crippen LogP contribution in [0.25, 0.3) is 0 Å². The molecule has 3 nitrogen and oxygen atoms in total. The van der Waals surface area contributed by atoms with Crippen LogP contribution in [-0.2, 0) is 4.79 Å². The maximum absolute atomic E-state index is 11.3. The van der Waals surface area contributed by atoms with E-state index in [4.69, 9.17) is 0 Å². The topological polar surface area (TPSA) is 41.1 Å². The van der Waals surface area contributed by atoms with Crippen LogP contribution in [0, 0.1) is 5.92 Å². The molecule has 1 amide bonds. The van der Waals surface area contributed by atoms with Crippen molar-refractivity contribution in [1.82, 2.24) is 10.6 Å². The predicted molar refractivity (Wildman–Crippen MR) is 48.9 cm³/mol. The Labute approximate surface area is 73.9 Å². The fraction of sp³-hybridized carbons (Fsp3) is 0.889. The fourth-order valence-electron chi connectivity index (χ4n) is 1.42. The summed E-state index contributed by atoms with van der Waals surface area (Å²) in [5.41, 5.74) is 0.0306. The van der Waals surface area contributed by atoms with Crippen molar-refractivity contribution in [1.29, 1.82) is 0 Å². The number of carbonyl (C=O) groups is 1. The van der Waals surface area contributed by atoms with Gasteiger partial charge in [0, 0.05) is 12.1 Å². The van der Waals surface area contributed by atoms with Crippen LogP contribution >= 0.6 is 0 Å². The van der Waals surface area contributed by atoms with Crippen LogP contribution in [0.5, 0.6) is 0 Å². The number of piperazine rings is 1. The minimum absolute atomic E-state index is 0.0306. The molecule has 1 fully saturated rings. The summed E-state index contributed by atoms with van der Waals surface area (Å²) in [5, 5.41) is 6.23. The molecule has 1 atom stereocenters. The molecule has 0 radical (unpaired) electrons. The number of amides is 1. The maximum Gasteiger partial charge on any atom is 0.237 e. The molecule has 1 rings (SSSR count). The summed E-state index contributed by atoms with van der Waals surface area (Å²) in [7, 11) is 0. The lowest BCUT2D eigenvalue weighted by molar-refractivity contribution is -0.127. The van der Waals surface area contributed by atoms with Crippen molar-refractivity contribution in [3.63, 3.8) is 0 Å². The molecular weight excluding hydrogens is 152 g/mol. The Hall–Kier alpha value is -0.570. The van der Waals surface area contributed by atoms with E-state index in [0.717, 1.165) is 6.54 Å². The summed E-state index contributed by atoms with van der Waals surface area (Å²) in [6, 6.07) is -0.0336. The first-order valence-electron chi connectivity index (χ1n) is 4.48. The Morgan fingerprint density at radius 1 is 1.50 bits per heavy atom. The molecule has 0 aromatic carbocycles. The summed E-state index contributed by atoms with van der Waals surface area (Å²) < 4.78 is 0.